The van der Waals surface area contributed by atoms with E-state index in [0.29, 0.717) is 16.3 Å². The number of rotatable bonds is 3. The predicted molar refractivity (Wildman–Crippen MR) is 68.3 cm³/mol. The van der Waals surface area contributed by atoms with E-state index in [1.54, 1.807) is 39.1 Å². The summed E-state index contributed by atoms with van der Waals surface area (Å²) in [5.74, 6) is -0.502. The van der Waals surface area contributed by atoms with Crippen molar-refractivity contribution in [2.24, 2.45) is 5.92 Å². The van der Waals surface area contributed by atoms with E-state index in [1.807, 2.05) is 0 Å². The van der Waals surface area contributed by atoms with Crippen LogP contribution in [-0.4, -0.2) is 18.9 Å². The summed E-state index contributed by atoms with van der Waals surface area (Å²) in [4.78, 5) is 23.0. The molecule has 0 saturated heterocycles. The Kier molecular flexibility index (Phi) is 4.52. The van der Waals surface area contributed by atoms with Crippen molar-refractivity contribution in [2.75, 3.05) is 12.4 Å². The highest BCUT2D eigenvalue weighted by atomic mass is 35.5. The zero-order chi connectivity index (χ0) is 13.0. The molecule has 17 heavy (non-hydrogen) atoms. The molecule has 0 heterocycles. The van der Waals surface area contributed by atoms with Crippen LogP contribution >= 0.6 is 11.6 Å². The second-order valence-electron chi connectivity index (χ2n) is 3.92. The molecular formula is C12H15ClN2O2. The van der Waals surface area contributed by atoms with Crippen LogP contribution in [0.25, 0.3) is 0 Å². The Labute approximate surface area is 105 Å². The normalized spacial score (nSPS) is 10.2. The highest BCUT2D eigenvalue weighted by molar-refractivity contribution is 6.33. The number of anilines is 1. The Morgan fingerprint density at radius 1 is 1.29 bits per heavy atom. The van der Waals surface area contributed by atoms with Crippen molar-refractivity contribution in [1.82, 2.24) is 5.32 Å². The van der Waals surface area contributed by atoms with E-state index in [-0.39, 0.29) is 17.7 Å². The van der Waals surface area contributed by atoms with Crippen molar-refractivity contribution in [3.63, 3.8) is 0 Å². The Morgan fingerprint density at radius 2 is 1.94 bits per heavy atom. The summed E-state index contributed by atoms with van der Waals surface area (Å²) in [7, 11) is 1.54. The van der Waals surface area contributed by atoms with Crippen LogP contribution in [0.1, 0.15) is 24.2 Å². The van der Waals surface area contributed by atoms with Gasteiger partial charge < -0.3 is 10.6 Å². The summed E-state index contributed by atoms with van der Waals surface area (Å²) in [5.41, 5.74) is 0.905. The third-order valence-electron chi connectivity index (χ3n) is 2.24. The maximum Gasteiger partial charge on any atom is 0.251 e. The van der Waals surface area contributed by atoms with Crippen LogP contribution in [0.4, 0.5) is 5.69 Å². The molecule has 2 N–H and O–H groups in total. The number of carbonyl (C=O) groups is 2. The van der Waals surface area contributed by atoms with Crippen molar-refractivity contribution in [1.29, 1.82) is 0 Å². The van der Waals surface area contributed by atoms with Gasteiger partial charge in [0.2, 0.25) is 5.91 Å². The molecule has 5 heteroatoms. The van der Waals surface area contributed by atoms with Crippen LogP contribution in [0, 0.1) is 5.92 Å². The lowest BCUT2D eigenvalue weighted by atomic mass is 10.1. The average Bonchev–Trinajstić information content (AvgIpc) is 2.30. The number of benzene rings is 1. The fourth-order valence-corrected chi connectivity index (χ4v) is 1.35. The number of hydrogen-bond acceptors (Lipinski definition) is 2. The Morgan fingerprint density at radius 3 is 2.47 bits per heavy atom. The maximum atomic E-state index is 11.5. The van der Waals surface area contributed by atoms with Gasteiger partial charge in [-0.05, 0) is 18.2 Å². The van der Waals surface area contributed by atoms with E-state index in [4.69, 9.17) is 11.6 Å². The lowest BCUT2D eigenvalue weighted by molar-refractivity contribution is -0.118. The van der Waals surface area contributed by atoms with Crippen molar-refractivity contribution in [3.05, 3.63) is 28.8 Å². The smallest absolute Gasteiger partial charge is 0.251 e. The highest BCUT2D eigenvalue weighted by Crippen LogP contribution is 2.23. The monoisotopic (exact) mass is 254 g/mol. The summed E-state index contributed by atoms with van der Waals surface area (Å²) < 4.78 is 0. The molecule has 1 rings (SSSR count). The molecule has 1 aromatic rings. The van der Waals surface area contributed by atoms with Gasteiger partial charge in [0.15, 0.2) is 0 Å². The van der Waals surface area contributed by atoms with Gasteiger partial charge in [-0.1, -0.05) is 25.4 Å². The van der Waals surface area contributed by atoms with Crippen LogP contribution < -0.4 is 10.6 Å². The minimum atomic E-state index is -0.221. The molecule has 0 fully saturated rings. The third kappa shape index (κ3) is 3.46. The van der Waals surface area contributed by atoms with Gasteiger partial charge in [0.1, 0.15) is 0 Å². The summed E-state index contributed by atoms with van der Waals surface area (Å²) in [6.45, 7) is 3.57. The van der Waals surface area contributed by atoms with Crippen LogP contribution in [0.3, 0.4) is 0 Å². The number of hydrogen-bond donors (Lipinski definition) is 2. The summed E-state index contributed by atoms with van der Waals surface area (Å²) in [6, 6.07) is 4.75. The first-order chi connectivity index (χ1) is 7.95. The summed E-state index contributed by atoms with van der Waals surface area (Å²) in [5, 5.41) is 5.60. The largest absolute Gasteiger partial charge is 0.355 e. The molecule has 0 aliphatic rings. The molecule has 0 saturated carbocycles. The highest BCUT2D eigenvalue weighted by Gasteiger charge is 2.12. The van der Waals surface area contributed by atoms with Crippen molar-refractivity contribution in [2.45, 2.75) is 13.8 Å². The van der Waals surface area contributed by atoms with Crippen molar-refractivity contribution < 1.29 is 9.59 Å². The maximum absolute atomic E-state index is 11.5. The van der Waals surface area contributed by atoms with E-state index < -0.39 is 0 Å². The van der Waals surface area contributed by atoms with Crippen molar-refractivity contribution >= 4 is 29.1 Å². The molecule has 0 bridgehead atoms. The molecule has 0 aromatic heterocycles. The first-order valence-electron chi connectivity index (χ1n) is 5.28. The van der Waals surface area contributed by atoms with Gasteiger partial charge in [0, 0.05) is 18.5 Å². The average molecular weight is 255 g/mol. The molecule has 2 amide bonds. The quantitative estimate of drug-likeness (QED) is 0.870. The van der Waals surface area contributed by atoms with Gasteiger partial charge in [-0.15, -0.1) is 0 Å². The van der Waals surface area contributed by atoms with E-state index in [0.717, 1.165) is 0 Å². The van der Waals surface area contributed by atoms with E-state index >= 15 is 0 Å². The molecular weight excluding hydrogens is 240 g/mol. The van der Waals surface area contributed by atoms with Gasteiger partial charge >= 0.3 is 0 Å². The molecule has 1 aromatic carbocycles. The zero-order valence-corrected chi connectivity index (χ0v) is 10.8. The first-order valence-corrected chi connectivity index (χ1v) is 5.66. The minimum absolute atomic E-state index is 0.138. The number of halogens is 1. The number of carbonyl (C=O) groups excluding carboxylic acids is 2. The third-order valence-corrected chi connectivity index (χ3v) is 2.57. The van der Waals surface area contributed by atoms with Crippen LogP contribution in [-0.2, 0) is 4.79 Å². The Bertz CT molecular complexity index is 444. The Hall–Kier alpha value is -1.55. The zero-order valence-electron chi connectivity index (χ0n) is 10.0. The van der Waals surface area contributed by atoms with Gasteiger partial charge in [-0.25, -0.2) is 0 Å². The lowest BCUT2D eigenvalue weighted by Crippen LogP contribution is -2.20. The fraction of sp³-hybridized carbons (Fsp3) is 0.333. The molecule has 0 aliphatic carbocycles. The van der Waals surface area contributed by atoms with Crippen molar-refractivity contribution in [3.8, 4) is 0 Å². The lowest BCUT2D eigenvalue weighted by Gasteiger charge is -2.10. The fourth-order valence-electron chi connectivity index (χ4n) is 1.18. The summed E-state index contributed by atoms with van der Waals surface area (Å²) >= 11 is 5.95. The molecule has 0 spiro atoms. The molecule has 0 aliphatic heterocycles. The van der Waals surface area contributed by atoms with E-state index in [9.17, 15) is 9.59 Å². The minimum Gasteiger partial charge on any atom is -0.355 e. The Balaban J connectivity index is 2.99. The summed E-state index contributed by atoms with van der Waals surface area (Å²) in [6.07, 6.45) is 0. The topological polar surface area (TPSA) is 58.2 Å². The first kappa shape index (κ1) is 13.5. The molecule has 92 valence electrons. The van der Waals surface area contributed by atoms with E-state index in [2.05, 4.69) is 10.6 Å². The van der Waals surface area contributed by atoms with Gasteiger partial charge in [-0.2, -0.15) is 0 Å². The second kappa shape index (κ2) is 5.68. The predicted octanol–water partition coefficient (Wildman–Crippen LogP) is 2.29. The van der Waals surface area contributed by atoms with Gasteiger partial charge in [0.25, 0.3) is 5.91 Å². The van der Waals surface area contributed by atoms with Crippen LogP contribution in [0.15, 0.2) is 18.2 Å². The number of amides is 2. The molecule has 4 nitrogen and oxygen atoms in total. The van der Waals surface area contributed by atoms with Gasteiger partial charge in [-0.3, -0.25) is 9.59 Å². The van der Waals surface area contributed by atoms with Crippen LogP contribution in [0.5, 0.6) is 0 Å². The van der Waals surface area contributed by atoms with Gasteiger partial charge in [0.05, 0.1) is 10.7 Å². The SMILES string of the molecule is CNC(=O)c1ccc(Cl)c(NC(=O)C(C)C)c1. The molecule has 0 atom stereocenters. The van der Waals surface area contributed by atoms with Crippen LogP contribution in [0.2, 0.25) is 5.02 Å². The second-order valence-corrected chi connectivity index (χ2v) is 4.32. The van der Waals surface area contributed by atoms with E-state index in [1.165, 1.54) is 0 Å². The standard InChI is InChI=1S/C12H15ClN2O2/c1-7(2)11(16)15-10-6-8(12(17)14-3)4-5-9(10)13/h4-7H,1-3H3,(H,14,17)(H,15,16). The molecule has 0 radical (unpaired) electrons. The number of nitrogens with one attached hydrogen (secondary N) is 2. The molecule has 0 unspecified atom stereocenters.